The van der Waals surface area contributed by atoms with Gasteiger partial charge in [-0.15, -0.1) is 0 Å². The van der Waals surface area contributed by atoms with Crippen LogP contribution < -0.4 is 0 Å². The number of halogens is 1. The van der Waals surface area contributed by atoms with Crippen LogP contribution in [0.25, 0.3) is 0 Å². The first-order valence-corrected chi connectivity index (χ1v) is 6.96. The molecule has 1 aromatic carbocycles. The van der Waals surface area contributed by atoms with Crippen molar-refractivity contribution in [3.8, 4) is 0 Å². The monoisotopic (exact) mass is 307 g/mol. The number of rotatable bonds is 4. The number of benzene rings is 1. The minimum atomic E-state index is -0.391. The zero-order valence-electron chi connectivity index (χ0n) is 12.3. The summed E-state index contributed by atoms with van der Waals surface area (Å²) in [6.45, 7) is 2.49. The Morgan fingerprint density at radius 3 is 2.62 bits per heavy atom. The van der Waals surface area contributed by atoms with Crippen LogP contribution in [0.4, 0.5) is 4.79 Å². The van der Waals surface area contributed by atoms with Crippen molar-refractivity contribution >= 4 is 17.7 Å². The highest BCUT2D eigenvalue weighted by Gasteiger charge is 2.17. The molecule has 2 rings (SSSR count). The molecule has 21 heavy (non-hydrogen) atoms. The van der Waals surface area contributed by atoms with E-state index in [-0.39, 0.29) is 6.61 Å². The first-order valence-electron chi connectivity index (χ1n) is 6.59. The predicted octanol–water partition coefficient (Wildman–Crippen LogP) is 3.15. The van der Waals surface area contributed by atoms with Gasteiger partial charge in [-0.25, -0.2) is 4.79 Å². The van der Waals surface area contributed by atoms with Crippen LogP contribution in [0, 0.1) is 6.92 Å². The van der Waals surface area contributed by atoms with Crippen molar-refractivity contribution in [1.82, 2.24) is 14.7 Å². The molecule has 5 nitrogen and oxygen atoms in total. The summed E-state index contributed by atoms with van der Waals surface area (Å²) in [6, 6.07) is 9.56. The lowest BCUT2D eigenvalue weighted by Crippen LogP contribution is -2.27. The first-order chi connectivity index (χ1) is 9.99. The number of amides is 1. The van der Waals surface area contributed by atoms with E-state index in [0.29, 0.717) is 11.7 Å². The van der Waals surface area contributed by atoms with E-state index in [1.165, 1.54) is 4.90 Å². The molecule has 0 bridgehead atoms. The lowest BCUT2D eigenvalue weighted by Gasteiger charge is -2.17. The molecule has 0 atom stereocenters. The molecule has 0 saturated carbocycles. The molecule has 6 heteroatoms. The van der Waals surface area contributed by atoms with Crippen molar-refractivity contribution in [3.05, 3.63) is 52.3 Å². The number of ether oxygens (including phenoxy) is 1. The molecule has 0 aliphatic rings. The number of aryl methyl sites for hydroxylation is 2. The largest absolute Gasteiger partial charge is 0.445 e. The minimum absolute atomic E-state index is 0.254. The summed E-state index contributed by atoms with van der Waals surface area (Å²) in [7, 11) is 3.45. The minimum Gasteiger partial charge on any atom is -0.445 e. The number of hydrogen-bond donors (Lipinski definition) is 0. The van der Waals surface area contributed by atoms with Crippen LogP contribution in [0.3, 0.4) is 0 Å². The Balaban J connectivity index is 1.93. The van der Waals surface area contributed by atoms with E-state index >= 15 is 0 Å². The molecule has 2 aromatic rings. The number of carbonyl (C=O) groups excluding carboxylic acids is 1. The van der Waals surface area contributed by atoms with Gasteiger partial charge in [-0.05, 0) is 12.5 Å². The van der Waals surface area contributed by atoms with Crippen molar-refractivity contribution in [3.63, 3.8) is 0 Å². The lowest BCUT2D eigenvalue weighted by atomic mass is 10.2. The third-order valence-electron chi connectivity index (χ3n) is 3.18. The molecule has 1 heterocycles. The van der Waals surface area contributed by atoms with Crippen LogP contribution in [0.2, 0.25) is 5.15 Å². The van der Waals surface area contributed by atoms with Crippen LogP contribution >= 0.6 is 11.6 Å². The van der Waals surface area contributed by atoms with Gasteiger partial charge < -0.3 is 9.64 Å². The van der Waals surface area contributed by atoms with Crippen LogP contribution in [0.5, 0.6) is 0 Å². The van der Waals surface area contributed by atoms with E-state index in [2.05, 4.69) is 5.10 Å². The molecular formula is C15H18ClN3O2. The zero-order valence-corrected chi connectivity index (χ0v) is 13.1. The maximum absolute atomic E-state index is 12.0. The fraction of sp³-hybridized carbons (Fsp3) is 0.333. The van der Waals surface area contributed by atoms with Crippen molar-refractivity contribution in [2.75, 3.05) is 7.05 Å². The summed E-state index contributed by atoms with van der Waals surface area (Å²) in [5.41, 5.74) is 2.60. The fourth-order valence-corrected chi connectivity index (χ4v) is 2.22. The second-order valence-corrected chi connectivity index (χ2v) is 5.23. The van der Waals surface area contributed by atoms with E-state index < -0.39 is 6.09 Å². The van der Waals surface area contributed by atoms with Gasteiger partial charge in [-0.1, -0.05) is 41.9 Å². The molecule has 0 fully saturated rings. The Hall–Kier alpha value is -2.01. The average Bonchev–Trinajstić information content (AvgIpc) is 2.72. The van der Waals surface area contributed by atoms with Crippen molar-refractivity contribution in [1.29, 1.82) is 0 Å². The maximum Gasteiger partial charge on any atom is 0.410 e. The summed E-state index contributed by atoms with van der Waals surface area (Å²) in [5, 5.41) is 4.76. The van der Waals surface area contributed by atoms with Crippen molar-refractivity contribution < 1.29 is 9.53 Å². The summed E-state index contributed by atoms with van der Waals surface area (Å²) in [4.78, 5) is 13.5. The summed E-state index contributed by atoms with van der Waals surface area (Å²) >= 11 is 6.16. The van der Waals surface area contributed by atoms with Gasteiger partial charge in [0.15, 0.2) is 0 Å². The Morgan fingerprint density at radius 2 is 2.05 bits per heavy atom. The third-order valence-corrected chi connectivity index (χ3v) is 3.65. The van der Waals surface area contributed by atoms with Crippen LogP contribution in [-0.2, 0) is 24.9 Å². The Morgan fingerprint density at radius 1 is 1.38 bits per heavy atom. The highest BCUT2D eigenvalue weighted by Crippen LogP contribution is 2.20. The summed E-state index contributed by atoms with van der Waals surface area (Å²) < 4.78 is 6.86. The Labute approximate surface area is 129 Å². The molecule has 0 aliphatic carbocycles. The summed E-state index contributed by atoms with van der Waals surface area (Å²) in [6.07, 6.45) is -0.391. The topological polar surface area (TPSA) is 47.4 Å². The average molecular weight is 308 g/mol. The van der Waals surface area contributed by atoms with Crippen LogP contribution in [0.1, 0.15) is 16.8 Å². The molecule has 1 aromatic heterocycles. The number of aromatic nitrogens is 2. The fourth-order valence-electron chi connectivity index (χ4n) is 1.98. The van der Waals surface area contributed by atoms with Gasteiger partial charge in [0.25, 0.3) is 0 Å². The van der Waals surface area contributed by atoms with Gasteiger partial charge in [0, 0.05) is 19.7 Å². The highest BCUT2D eigenvalue weighted by molar-refractivity contribution is 6.30. The van der Waals surface area contributed by atoms with Crippen molar-refractivity contribution in [2.24, 2.45) is 7.05 Å². The maximum atomic E-state index is 12.0. The van der Waals surface area contributed by atoms with E-state index in [4.69, 9.17) is 16.3 Å². The molecule has 0 N–H and O–H groups in total. The normalized spacial score (nSPS) is 10.5. The van der Waals surface area contributed by atoms with Gasteiger partial charge in [-0.3, -0.25) is 4.68 Å². The zero-order chi connectivity index (χ0) is 15.4. The van der Waals surface area contributed by atoms with Crippen molar-refractivity contribution in [2.45, 2.75) is 20.1 Å². The van der Waals surface area contributed by atoms with Gasteiger partial charge in [-0.2, -0.15) is 5.10 Å². The third kappa shape index (κ3) is 3.76. The second kappa shape index (κ2) is 6.63. The standard InChI is InChI=1S/C15H18ClN3O2/c1-11-13(14(16)19(3)17-11)9-18(2)15(20)21-10-12-7-5-4-6-8-12/h4-8H,9-10H2,1-3H3. The molecule has 0 radical (unpaired) electrons. The van der Waals surface area contributed by atoms with Gasteiger partial charge in [0.1, 0.15) is 11.8 Å². The first kappa shape index (κ1) is 15.4. The van der Waals surface area contributed by atoms with Gasteiger partial charge >= 0.3 is 6.09 Å². The Kier molecular flexibility index (Phi) is 4.85. The molecule has 0 saturated heterocycles. The second-order valence-electron chi connectivity index (χ2n) is 4.87. The lowest BCUT2D eigenvalue weighted by molar-refractivity contribution is 0.103. The molecule has 1 amide bonds. The Bertz CT molecular complexity index is 625. The summed E-state index contributed by atoms with van der Waals surface area (Å²) in [5.74, 6) is 0. The predicted molar refractivity (Wildman–Crippen MR) is 81.0 cm³/mol. The van der Waals surface area contributed by atoms with Crippen LogP contribution in [0.15, 0.2) is 30.3 Å². The van der Waals surface area contributed by atoms with Crippen LogP contribution in [-0.4, -0.2) is 27.8 Å². The number of hydrogen-bond acceptors (Lipinski definition) is 3. The van der Waals surface area contributed by atoms with E-state index in [0.717, 1.165) is 16.8 Å². The molecule has 0 unspecified atom stereocenters. The SMILES string of the molecule is Cc1nn(C)c(Cl)c1CN(C)C(=O)OCc1ccccc1. The van der Waals surface area contributed by atoms with E-state index in [9.17, 15) is 4.79 Å². The van der Waals surface area contributed by atoms with Gasteiger partial charge in [0.2, 0.25) is 0 Å². The smallest absolute Gasteiger partial charge is 0.410 e. The number of nitrogens with zero attached hydrogens (tertiary/aromatic N) is 3. The van der Waals surface area contributed by atoms with Gasteiger partial charge in [0.05, 0.1) is 12.2 Å². The molecule has 0 aliphatic heterocycles. The quantitative estimate of drug-likeness (QED) is 0.871. The molecular weight excluding hydrogens is 290 g/mol. The molecule has 0 spiro atoms. The number of carbonyl (C=O) groups is 1. The van der Waals surface area contributed by atoms with E-state index in [1.807, 2.05) is 37.3 Å². The van der Waals surface area contributed by atoms with E-state index in [1.54, 1.807) is 18.8 Å². The molecule has 112 valence electrons. The highest BCUT2D eigenvalue weighted by atomic mass is 35.5.